The number of benzene rings is 2. The average Bonchev–Trinajstić information content (AvgIpc) is 3.36. The lowest BCUT2D eigenvalue weighted by Crippen LogP contribution is -2.19. The van der Waals surface area contributed by atoms with Gasteiger partial charge in [-0.15, -0.1) is 0 Å². The number of rotatable bonds is 6. The Bertz CT molecular complexity index is 917. The third-order valence-corrected chi connectivity index (χ3v) is 6.93. The first-order valence-electron chi connectivity index (χ1n) is 9.35. The highest BCUT2D eigenvalue weighted by molar-refractivity contribution is 7.91. The summed E-state index contributed by atoms with van der Waals surface area (Å²) in [6.07, 6.45) is 0. The van der Waals surface area contributed by atoms with Gasteiger partial charge in [0.1, 0.15) is 0 Å². The van der Waals surface area contributed by atoms with Crippen LogP contribution in [0.5, 0.6) is 0 Å². The van der Waals surface area contributed by atoms with E-state index in [1.54, 1.807) is 27.7 Å². The quantitative estimate of drug-likeness (QED) is 0.503. The summed E-state index contributed by atoms with van der Waals surface area (Å²) in [7, 11) is -4.33. The number of aryl methyl sites for hydroxylation is 6. The summed E-state index contributed by atoms with van der Waals surface area (Å²) in [5.41, 5.74) is 3.97. The molecule has 2 aromatic rings. The van der Waals surface area contributed by atoms with Gasteiger partial charge in [-0.1, -0.05) is 35.4 Å². The van der Waals surface area contributed by atoms with Crippen molar-refractivity contribution in [1.82, 2.24) is 5.06 Å². The molecule has 0 bridgehead atoms. The van der Waals surface area contributed by atoms with E-state index in [4.69, 9.17) is 4.62 Å². The highest BCUT2D eigenvalue weighted by Gasteiger charge is 2.48. The molecule has 0 spiro atoms. The van der Waals surface area contributed by atoms with Crippen LogP contribution in [-0.2, 0) is 9.19 Å². The monoisotopic (exact) mass is 399 g/mol. The first-order chi connectivity index (χ1) is 13.0. The van der Waals surface area contributed by atoms with Gasteiger partial charge in [0.15, 0.2) is 0 Å². The molecule has 0 N–H and O–H groups in total. The molecule has 1 aliphatic heterocycles. The molecule has 1 heterocycles. The van der Waals surface area contributed by atoms with E-state index in [1.165, 1.54) is 5.06 Å². The van der Waals surface area contributed by atoms with Crippen molar-refractivity contribution >= 4 is 18.4 Å². The first-order valence-corrected chi connectivity index (χ1v) is 11.0. The molecular weight excluding hydrogens is 373 g/mol. The number of carbonyl (C=O) groups is 2. The van der Waals surface area contributed by atoms with Gasteiger partial charge in [0.25, 0.3) is 11.0 Å². The minimum atomic E-state index is -4.33. The van der Waals surface area contributed by atoms with Gasteiger partial charge in [0.2, 0.25) is 0 Å². The van der Waals surface area contributed by atoms with Crippen LogP contribution in [0, 0.1) is 41.5 Å². The van der Waals surface area contributed by atoms with Crippen LogP contribution in [0.25, 0.3) is 0 Å². The van der Waals surface area contributed by atoms with Crippen LogP contribution >= 0.6 is 7.37 Å². The SMILES string of the molecule is Cc1cc(C)c(C(=O)P(=O)(ON2CC2)C(=O)c2c(C)cc(C)cc2C)c(C)c1. The van der Waals surface area contributed by atoms with Crippen LogP contribution < -0.4 is 0 Å². The standard InChI is InChI=1S/C22H26NO4P/c1-13-9-15(3)19(16(4)10-13)21(24)28(26,27-23-7-8-23)22(25)20-17(5)11-14(2)12-18(20)6/h9-12H,7-8H2,1-6H3. The van der Waals surface area contributed by atoms with Crippen LogP contribution in [-0.4, -0.2) is 29.2 Å². The van der Waals surface area contributed by atoms with Crippen LogP contribution in [0.3, 0.4) is 0 Å². The molecule has 0 amide bonds. The van der Waals surface area contributed by atoms with Crippen molar-refractivity contribution in [3.63, 3.8) is 0 Å². The highest BCUT2D eigenvalue weighted by Crippen LogP contribution is 2.56. The Hall–Kier alpha value is -2.07. The normalized spacial score (nSPS) is 14.2. The largest absolute Gasteiger partial charge is 0.356 e. The zero-order chi connectivity index (χ0) is 20.8. The zero-order valence-corrected chi connectivity index (χ0v) is 18.1. The lowest BCUT2D eigenvalue weighted by Gasteiger charge is -2.20. The number of carbonyl (C=O) groups excluding carboxylic acids is 2. The van der Waals surface area contributed by atoms with Crippen molar-refractivity contribution < 1.29 is 18.8 Å². The van der Waals surface area contributed by atoms with E-state index < -0.39 is 18.4 Å². The Morgan fingerprint density at radius 2 is 1.07 bits per heavy atom. The lowest BCUT2D eigenvalue weighted by molar-refractivity contribution is 0.0625. The second kappa shape index (κ2) is 7.40. The van der Waals surface area contributed by atoms with E-state index in [0.29, 0.717) is 46.5 Å². The second-order valence-corrected chi connectivity index (χ2v) is 9.80. The fourth-order valence-electron chi connectivity index (χ4n) is 3.78. The molecule has 148 valence electrons. The Kier molecular flexibility index (Phi) is 5.46. The van der Waals surface area contributed by atoms with Gasteiger partial charge in [-0.25, -0.2) is 4.62 Å². The van der Waals surface area contributed by atoms with Gasteiger partial charge >= 0.3 is 7.37 Å². The molecule has 2 aromatic carbocycles. The van der Waals surface area contributed by atoms with E-state index in [1.807, 2.05) is 38.1 Å². The summed E-state index contributed by atoms with van der Waals surface area (Å²) in [5, 5.41) is 1.41. The molecular formula is C22H26NO4P. The molecule has 1 fully saturated rings. The van der Waals surface area contributed by atoms with E-state index in [9.17, 15) is 14.2 Å². The second-order valence-electron chi connectivity index (χ2n) is 7.72. The Balaban J connectivity index is 2.15. The summed E-state index contributed by atoms with van der Waals surface area (Å²) < 4.78 is 19.4. The molecule has 0 aliphatic carbocycles. The van der Waals surface area contributed by atoms with E-state index >= 15 is 0 Å². The van der Waals surface area contributed by atoms with Crippen molar-refractivity contribution in [2.75, 3.05) is 13.1 Å². The van der Waals surface area contributed by atoms with Crippen LogP contribution in [0.4, 0.5) is 0 Å². The lowest BCUT2D eigenvalue weighted by atomic mass is 10.0. The van der Waals surface area contributed by atoms with Gasteiger partial charge in [0, 0.05) is 24.2 Å². The molecule has 0 saturated carbocycles. The molecule has 5 nitrogen and oxygen atoms in total. The highest BCUT2D eigenvalue weighted by atomic mass is 31.2. The molecule has 1 aliphatic rings. The van der Waals surface area contributed by atoms with Crippen molar-refractivity contribution in [2.24, 2.45) is 0 Å². The van der Waals surface area contributed by atoms with Crippen molar-refractivity contribution in [3.05, 3.63) is 68.8 Å². The number of hydroxylamine groups is 2. The maximum Gasteiger partial charge on any atom is 0.356 e. The fourth-order valence-corrected chi connectivity index (χ4v) is 5.90. The summed E-state index contributed by atoms with van der Waals surface area (Å²) in [4.78, 5) is 26.9. The Labute approximate surface area is 166 Å². The number of nitrogens with zero attached hydrogens (tertiary/aromatic N) is 1. The van der Waals surface area contributed by atoms with Gasteiger partial charge in [-0.2, -0.15) is 5.06 Å². The molecule has 6 heteroatoms. The summed E-state index contributed by atoms with van der Waals surface area (Å²) in [5.74, 6) is 0. The summed E-state index contributed by atoms with van der Waals surface area (Å²) >= 11 is 0. The van der Waals surface area contributed by atoms with Gasteiger partial charge < -0.3 is 0 Å². The molecule has 0 aromatic heterocycles. The third-order valence-electron chi connectivity index (χ3n) is 4.95. The number of hydrogen-bond donors (Lipinski definition) is 0. The minimum absolute atomic E-state index is 0.312. The summed E-state index contributed by atoms with van der Waals surface area (Å²) in [6, 6.07) is 7.42. The third kappa shape index (κ3) is 3.75. The van der Waals surface area contributed by atoms with Crippen molar-refractivity contribution in [1.29, 1.82) is 0 Å². The minimum Gasteiger partial charge on any atom is -0.282 e. The average molecular weight is 399 g/mol. The molecule has 0 unspecified atom stereocenters. The maximum atomic E-state index is 13.9. The van der Waals surface area contributed by atoms with Gasteiger partial charge in [-0.05, 0) is 63.8 Å². The van der Waals surface area contributed by atoms with Gasteiger partial charge in [-0.3, -0.25) is 14.2 Å². The van der Waals surface area contributed by atoms with Crippen molar-refractivity contribution in [3.8, 4) is 0 Å². The molecule has 0 atom stereocenters. The smallest absolute Gasteiger partial charge is 0.282 e. The summed E-state index contributed by atoms with van der Waals surface area (Å²) in [6.45, 7) is 12.2. The maximum absolute atomic E-state index is 13.9. The van der Waals surface area contributed by atoms with Crippen LogP contribution in [0.15, 0.2) is 24.3 Å². The van der Waals surface area contributed by atoms with Gasteiger partial charge in [0.05, 0.1) is 0 Å². The molecule has 28 heavy (non-hydrogen) atoms. The Morgan fingerprint density at radius 3 is 1.36 bits per heavy atom. The predicted molar refractivity (Wildman–Crippen MR) is 110 cm³/mol. The molecule has 3 rings (SSSR count). The molecule has 1 saturated heterocycles. The predicted octanol–water partition coefficient (Wildman–Crippen LogP) is 5.04. The first kappa shape index (κ1) is 20.7. The fraction of sp³-hybridized carbons (Fsp3) is 0.364. The van der Waals surface area contributed by atoms with Crippen molar-refractivity contribution in [2.45, 2.75) is 41.5 Å². The zero-order valence-electron chi connectivity index (χ0n) is 17.3. The topological polar surface area (TPSA) is 63.5 Å². The van der Waals surface area contributed by atoms with Crippen LogP contribution in [0.2, 0.25) is 0 Å². The van der Waals surface area contributed by atoms with E-state index in [2.05, 4.69) is 0 Å². The van der Waals surface area contributed by atoms with Crippen LogP contribution in [0.1, 0.15) is 54.1 Å². The van der Waals surface area contributed by atoms with E-state index in [-0.39, 0.29) is 0 Å². The number of hydrogen-bond acceptors (Lipinski definition) is 5. The Morgan fingerprint density at radius 1 is 0.750 bits per heavy atom. The van der Waals surface area contributed by atoms with E-state index in [0.717, 1.165) is 11.1 Å². The molecule has 0 radical (unpaired) electrons.